The van der Waals surface area contributed by atoms with Crippen molar-refractivity contribution in [3.8, 4) is 28.4 Å². The number of carboxylic acid groups (broad SMARTS) is 1. The highest BCUT2D eigenvalue weighted by molar-refractivity contribution is 8.26. The highest BCUT2D eigenvalue weighted by Gasteiger charge is 2.32. The Morgan fingerprint density at radius 3 is 2.39 bits per heavy atom. The van der Waals surface area contributed by atoms with Gasteiger partial charge in [0.1, 0.15) is 28.2 Å². The summed E-state index contributed by atoms with van der Waals surface area (Å²) in [5.74, 6) is -0.603. The van der Waals surface area contributed by atoms with Gasteiger partial charge >= 0.3 is 11.9 Å². The first kappa shape index (κ1) is 33.4. The van der Waals surface area contributed by atoms with Crippen molar-refractivity contribution in [1.82, 2.24) is 9.80 Å². The molecule has 2 saturated heterocycles. The second-order valence-electron chi connectivity index (χ2n) is 10.3. The van der Waals surface area contributed by atoms with Gasteiger partial charge in [-0.3, -0.25) is 19.4 Å². The maximum atomic E-state index is 13.4. The predicted molar refractivity (Wildman–Crippen MR) is 180 cm³/mol. The Labute approximate surface area is 280 Å². The third kappa shape index (κ3) is 8.45. The molecule has 10 nitrogen and oxygen atoms in total. The third-order valence-corrected chi connectivity index (χ3v) is 8.97. The minimum Gasteiger partial charge on any atom is -0.495 e. The topological polar surface area (TPSA) is 115 Å². The number of carboxylic acids is 1. The first-order valence-electron chi connectivity index (χ1n) is 14.4. The van der Waals surface area contributed by atoms with Crippen LogP contribution in [0.3, 0.4) is 0 Å². The molecule has 2 aliphatic heterocycles. The number of methoxy groups -OCH3 is 1. The molecule has 46 heavy (non-hydrogen) atoms. The molecule has 0 aliphatic carbocycles. The summed E-state index contributed by atoms with van der Waals surface area (Å²) in [5.41, 5.74) is 2.50. The fourth-order valence-electron chi connectivity index (χ4n) is 4.81. The lowest BCUT2D eigenvalue weighted by molar-refractivity contribution is -0.134. The second-order valence-corrected chi connectivity index (χ2v) is 12.4. The summed E-state index contributed by atoms with van der Waals surface area (Å²) in [6.45, 7) is 4.31. The van der Waals surface area contributed by atoms with E-state index < -0.39 is 11.9 Å². The van der Waals surface area contributed by atoms with Gasteiger partial charge < -0.3 is 24.1 Å². The smallest absolute Gasteiger partial charge is 0.335 e. The molecule has 240 valence electrons. The van der Waals surface area contributed by atoms with Crippen LogP contribution >= 0.6 is 35.6 Å². The number of nitrogens with zero attached hydrogens (tertiary/aromatic N) is 2. The number of aromatic carboxylic acids is 1. The summed E-state index contributed by atoms with van der Waals surface area (Å²) in [6.07, 6.45) is 1.64. The molecule has 0 saturated carbocycles. The van der Waals surface area contributed by atoms with Crippen LogP contribution in [0.25, 0.3) is 17.2 Å². The van der Waals surface area contributed by atoms with Crippen molar-refractivity contribution < 1.29 is 38.4 Å². The molecule has 13 heteroatoms. The highest BCUT2D eigenvalue weighted by atomic mass is 35.5. The van der Waals surface area contributed by atoms with Crippen molar-refractivity contribution in [2.75, 3.05) is 53.1 Å². The molecule has 2 heterocycles. The van der Waals surface area contributed by atoms with Crippen molar-refractivity contribution in [2.24, 2.45) is 0 Å². The SMILES string of the molecule is COc1ccc(-c2ccc(OCCN3CCOCC3)c(/C=C3\SC(=S)N(CCC(=O)Oc4ccc(C(=O)O)cc4)C3=O)c2)cc1Cl. The van der Waals surface area contributed by atoms with Gasteiger partial charge in [-0.2, -0.15) is 0 Å². The van der Waals surface area contributed by atoms with E-state index in [1.54, 1.807) is 19.3 Å². The van der Waals surface area contributed by atoms with Crippen LogP contribution in [0.2, 0.25) is 5.02 Å². The molecule has 0 atom stereocenters. The van der Waals surface area contributed by atoms with E-state index in [4.69, 9.17) is 47.9 Å². The van der Waals surface area contributed by atoms with Gasteiger partial charge in [0.25, 0.3) is 5.91 Å². The number of hydrogen-bond donors (Lipinski definition) is 1. The lowest BCUT2D eigenvalue weighted by Gasteiger charge is -2.26. The Kier molecular flexibility index (Phi) is 11.3. The van der Waals surface area contributed by atoms with Crippen molar-refractivity contribution in [2.45, 2.75) is 6.42 Å². The maximum Gasteiger partial charge on any atom is 0.335 e. The number of halogens is 1. The molecule has 1 amide bonds. The highest BCUT2D eigenvalue weighted by Crippen LogP contribution is 2.37. The van der Waals surface area contributed by atoms with Gasteiger partial charge in [0.2, 0.25) is 0 Å². The first-order valence-corrected chi connectivity index (χ1v) is 16.0. The largest absolute Gasteiger partial charge is 0.495 e. The molecule has 5 rings (SSSR count). The Morgan fingerprint density at radius 1 is 1.02 bits per heavy atom. The number of benzene rings is 3. The van der Waals surface area contributed by atoms with Gasteiger partial charge in [0.15, 0.2) is 0 Å². The number of rotatable bonds is 12. The molecule has 3 aromatic rings. The van der Waals surface area contributed by atoms with Crippen LogP contribution < -0.4 is 14.2 Å². The molecule has 0 radical (unpaired) electrons. The fraction of sp³-hybridized carbons (Fsp3) is 0.273. The van der Waals surface area contributed by atoms with Crippen molar-refractivity contribution in [1.29, 1.82) is 0 Å². The van der Waals surface area contributed by atoms with Crippen molar-refractivity contribution in [3.05, 3.63) is 81.7 Å². The van der Waals surface area contributed by atoms with Gasteiger partial charge in [-0.05, 0) is 65.7 Å². The van der Waals surface area contributed by atoms with Gasteiger partial charge in [-0.15, -0.1) is 0 Å². The average molecular weight is 683 g/mol. The molecular weight excluding hydrogens is 652 g/mol. The van der Waals surface area contributed by atoms with Crippen LogP contribution in [-0.2, 0) is 14.3 Å². The molecule has 0 unspecified atom stereocenters. The third-order valence-electron chi connectivity index (χ3n) is 7.30. The van der Waals surface area contributed by atoms with E-state index >= 15 is 0 Å². The van der Waals surface area contributed by atoms with Crippen LogP contribution in [0.1, 0.15) is 22.3 Å². The number of hydrogen-bond acceptors (Lipinski definition) is 10. The van der Waals surface area contributed by atoms with Crippen LogP contribution in [0.5, 0.6) is 17.2 Å². The van der Waals surface area contributed by atoms with Crippen LogP contribution in [-0.4, -0.2) is 90.2 Å². The number of carbonyl (C=O) groups is 3. The number of ether oxygens (including phenoxy) is 4. The summed E-state index contributed by atoms with van der Waals surface area (Å²) >= 11 is 13.0. The minimum absolute atomic E-state index is 0.0291. The zero-order valence-electron chi connectivity index (χ0n) is 24.9. The Hall–Kier alpha value is -3.94. The molecule has 2 fully saturated rings. The monoisotopic (exact) mass is 682 g/mol. The Morgan fingerprint density at radius 2 is 1.72 bits per heavy atom. The normalized spacial score (nSPS) is 16.1. The van der Waals surface area contributed by atoms with E-state index in [0.717, 1.165) is 42.5 Å². The summed E-state index contributed by atoms with van der Waals surface area (Å²) in [5, 5.41) is 9.51. The zero-order chi connectivity index (χ0) is 32.6. The van der Waals surface area contributed by atoms with Gasteiger partial charge in [-0.1, -0.05) is 47.7 Å². The van der Waals surface area contributed by atoms with E-state index in [-0.39, 0.29) is 30.2 Å². The molecule has 0 spiro atoms. The lowest BCUT2D eigenvalue weighted by atomic mass is 10.0. The number of carbonyl (C=O) groups excluding carboxylic acids is 2. The Balaban J connectivity index is 1.31. The number of thioether (sulfide) groups is 1. The van der Waals surface area contributed by atoms with E-state index in [0.29, 0.717) is 51.1 Å². The molecule has 0 aromatic heterocycles. The quantitative estimate of drug-likeness (QED) is 0.111. The van der Waals surface area contributed by atoms with Crippen LogP contribution in [0.4, 0.5) is 0 Å². The molecule has 2 aliphatic rings. The molecule has 3 aromatic carbocycles. The maximum absolute atomic E-state index is 13.4. The van der Waals surface area contributed by atoms with Gasteiger partial charge in [0.05, 0.1) is 42.2 Å². The second kappa shape index (κ2) is 15.6. The van der Waals surface area contributed by atoms with E-state index in [9.17, 15) is 14.4 Å². The van der Waals surface area contributed by atoms with Crippen molar-refractivity contribution >= 4 is 63.8 Å². The number of amides is 1. The van der Waals surface area contributed by atoms with Crippen molar-refractivity contribution in [3.63, 3.8) is 0 Å². The number of morpholine rings is 1. The minimum atomic E-state index is -1.08. The molecular formula is C33H31ClN2O8S2. The predicted octanol–water partition coefficient (Wildman–Crippen LogP) is 5.62. The first-order chi connectivity index (χ1) is 22.2. The number of thiocarbonyl (C=S) groups is 1. The van der Waals surface area contributed by atoms with E-state index in [1.165, 1.54) is 29.2 Å². The summed E-state index contributed by atoms with van der Waals surface area (Å²) < 4.78 is 22.6. The van der Waals surface area contributed by atoms with Gasteiger partial charge in [-0.25, -0.2) is 4.79 Å². The van der Waals surface area contributed by atoms with E-state index in [2.05, 4.69) is 4.90 Å². The summed E-state index contributed by atoms with van der Waals surface area (Å²) in [7, 11) is 1.56. The standard InChI is InChI=1S/C33H31ClN2O8S2/c1-41-28-9-5-23(19-26(28)34)22-4-8-27(43-17-14-35-12-15-42-16-13-35)24(18-22)20-29-31(38)36(33(45)46-29)11-10-30(37)44-25-6-2-21(3-7-25)32(39)40/h2-9,18-20H,10-17H2,1H3,(H,39,40)/b29-20-. The fourth-order valence-corrected chi connectivity index (χ4v) is 6.37. The zero-order valence-corrected chi connectivity index (χ0v) is 27.3. The molecule has 0 bridgehead atoms. The average Bonchev–Trinajstić information content (AvgIpc) is 3.32. The summed E-state index contributed by atoms with van der Waals surface area (Å²) in [4.78, 5) is 41.0. The van der Waals surface area contributed by atoms with Crippen LogP contribution in [0.15, 0.2) is 65.6 Å². The Bertz CT molecular complexity index is 1660. The number of esters is 1. The van der Waals surface area contributed by atoms with Gasteiger partial charge in [0, 0.05) is 31.7 Å². The summed E-state index contributed by atoms with van der Waals surface area (Å²) in [6, 6.07) is 16.8. The van der Waals surface area contributed by atoms with E-state index in [1.807, 2.05) is 30.3 Å². The van der Waals surface area contributed by atoms with Crippen LogP contribution in [0, 0.1) is 0 Å². The molecule has 1 N–H and O–H groups in total. The lowest BCUT2D eigenvalue weighted by Crippen LogP contribution is -2.38.